The Morgan fingerprint density at radius 2 is 2.00 bits per heavy atom. The molecule has 4 nitrogen and oxygen atoms in total. The molecule has 0 fully saturated rings. The zero-order chi connectivity index (χ0) is 15.2. The number of unbranched alkanes of at least 4 members (excludes halogenated alkanes) is 1. The maximum absolute atomic E-state index is 12.2. The van der Waals surface area contributed by atoms with Crippen molar-refractivity contribution < 1.29 is 14.3 Å². The van der Waals surface area contributed by atoms with Crippen LogP contribution < -0.4 is 9.47 Å². The topological polar surface area (TPSA) is 38.8 Å². The summed E-state index contributed by atoms with van der Waals surface area (Å²) in [5, 5.41) is 0. The van der Waals surface area contributed by atoms with Crippen LogP contribution >= 0.6 is 0 Å². The summed E-state index contributed by atoms with van der Waals surface area (Å²) in [6.45, 7) is 6.24. The summed E-state index contributed by atoms with van der Waals surface area (Å²) in [4.78, 5) is 14.0. The molecule has 1 amide bonds. The monoisotopic (exact) mass is 291 g/mol. The molecule has 1 aliphatic rings. The second-order valence-corrected chi connectivity index (χ2v) is 5.68. The van der Waals surface area contributed by atoms with Crippen molar-refractivity contribution in [1.82, 2.24) is 4.90 Å². The predicted molar refractivity (Wildman–Crippen MR) is 83.0 cm³/mol. The lowest BCUT2D eigenvalue weighted by molar-refractivity contribution is -0.130. The third-order valence-corrected chi connectivity index (χ3v) is 3.89. The van der Waals surface area contributed by atoms with Crippen molar-refractivity contribution in [3.63, 3.8) is 0 Å². The molecule has 0 N–H and O–H groups in total. The number of amides is 1. The molecule has 116 valence electrons. The van der Waals surface area contributed by atoms with Gasteiger partial charge in [-0.3, -0.25) is 4.79 Å². The van der Waals surface area contributed by atoms with Crippen molar-refractivity contribution in [2.75, 3.05) is 26.8 Å². The summed E-state index contributed by atoms with van der Waals surface area (Å²) in [5.41, 5.74) is 1.12. The first-order chi connectivity index (χ1) is 10.1. The highest BCUT2D eigenvalue weighted by Gasteiger charge is 2.18. The van der Waals surface area contributed by atoms with Gasteiger partial charge in [0, 0.05) is 20.0 Å². The zero-order valence-corrected chi connectivity index (χ0v) is 13.2. The van der Waals surface area contributed by atoms with Gasteiger partial charge in [-0.1, -0.05) is 26.3 Å². The van der Waals surface area contributed by atoms with Gasteiger partial charge in [-0.2, -0.15) is 0 Å². The lowest BCUT2D eigenvalue weighted by Gasteiger charge is -2.22. The molecular formula is C17H25NO3. The summed E-state index contributed by atoms with van der Waals surface area (Å²) in [6, 6.07) is 5.96. The van der Waals surface area contributed by atoms with Gasteiger partial charge in [0.1, 0.15) is 13.2 Å². The Balaban J connectivity index is 1.96. The largest absolute Gasteiger partial charge is 0.486 e. The summed E-state index contributed by atoms with van der Waals surface area (Å²) in [7, 11) is 1.88. The predicted octanol–water partition coefficient (Wildman–Crippen LogP) is 3.21. The van der Waals surface area contributed by atoms with Crippen LogP contribution in [0.15, 0.2) is 18.2 Å². The van der Waals surface area contributed by atoms with E-state index in [9.17, 15) is 4.79 Å². The van der Waals surface area contributed by atoms with Gasteiger partial charge in [-0.25, -0.2) is 0 Å². The van der Waals surface area contributed by atoms with Crippen LogP contribution in [0, 0.1) is 0 Å². The van der Waals surface area contributed by atoms with Crippen molar-refractivity contribution >= 4 is 5.91 Å². The van der Waals surface area contributed by atoms with Crippen LogP contribution in [0.4, 0.5) is 0 Å². The number of hydrogen-bond donors (Lipinski definition) is 0. The number of fused-ring (bicyclic) bond motifs is 1. The fourth-order valence-corrected chi connectivity index (χ4v) is 2.42. The molecular weight excluding hydrogens is 266 g/mol. The minimum Gasteiger partial charge on any atom is -0.486 e. The number of rotatable bonds is 6. The van der Waals surface area contributed by atoms with Crippen molar-refractivity contribution in [2.45, 2.75) is 39.0 Å². The number of carbonyl (C=O) groups is 1. The van der Waals surface area contributed by atoms with Gasteiger partial charge in [-0.15, -0.1) is 0 Å². The molecule has 1 aromatic rings. The third-order valence-electron chi connectivity index (χ3n) is 3.89. The molecule has 0 radical (unpaired) electrons. The Labute approximate surface area is 127 Å². The van der Waals surface area contributed by atoms with Crippen LogP contribution in [0.25, 0.3) is 0 Å². The summed E-state index contributed by atoms with van der Waals surface area (Å²) in [5.74, 6) is 1.96. The molecule has 0 spiro atoms. The highest BCUT2D eigenvalue weighted by molar-refractivity contribution is 5.76. The lowest BCUT2D eigenvalue weighted by Crippen LogP contribution is -2.28. The number of ether oxygens (including phenoxy) is 2. The fraction of sp³-hybridized carbons (Fsp3) is 0.588. The highest BCUT2D eigenvalue weighted by atomic mass is 16.6. The molecule has 0 saturated heterocycles. The van der Waals surface area contributed by atoms with Gasteiger partial charge in [0.15, 0.2) is 11.5 Å². The van der Waals surface area contributed by atoms with Gasteiger partial charge >= 0.3 is 0 Å². The molecule has 0 aliphatic carbocycles. The number of benzene rings is 1. The van der Waals surface area contributed by atoms with Crippen LogP contribution in [0.3, 0.4) is 0 Å². The first-order valence-corrected chi connectivity index (χ1v) is 7.75. The molecule has 0 bridgehead atoms. The fourth-order valence-electron chi connectivity index (χ4n) is 2.42. The number of hydrogen-bond acceptors (Lipinski definition) is 3. The zero-order valence-electron chi connectivity index (χ0n) is 13.2. The van der Waals surface area contributed by atoms with E-state index in [-0.39, 0.29) is 11.8 Å². The van der Waals surface area contributed by atoms with Crippen LogP contribution in [0.1, 0.15) is 44.6 Å². The molecule has 1 aromatic carbocycles. The van der Waals surface area contributed by atoms with Gasteiger partial charge in [0.2, 0.25) is 5.91 Å². The molecule has 1 aliphatic heterocycles. The van der Waals surface area contributed by atoms with Crippen LogP contribution in [0.2, 0.25) is 0 Å². The van der Waals surface area contributed by atoms with Gasteiger partial charge < -0.3 is 14.4 Å². The Morgan fingerprint density at radius 1 is 1.29 bits per heavy atom. The van der Waals surface area contributed by atoms with Gasteiger partial charge in [0.05, 0.1) is 0 Å². The van der Waals surface area contributed by atoms with E-state index < -0.39 is 0 Å². The molecule has 0 saturated carbocycles. The Hall–Kier alpha value is -1.71. The normalized spacial score (nSPS) is 14.6. The average Bonchev–Trinajstić information content (AvgIpc) is 2.51. The minimum absolute atomic E-state index is 0.178. The number of nitrogens with zero attached hydrogens (tertiary/aromatic N) is 1. The standard InChI is InChI=1S/C17H25NO3/c1-4-5-8-18(3)17(19)11-13(2)14-6-7-15-16(12-14)21-10-9-20-15/h6-7,12-13H,4-5,8-11H2,1-3H3. The summed E-state index contributed by atoms with van der Waals surface area (Å²) < 4.78 is 11.1. The van der Waals surface area contributed by atoms with Gasteiger partial charge in [-0.05, 0) is 30.0 Å². The summed E-state index contributed by atoms with van der Waals surface area (Å²) in [6.07, 6.45) is 2.69. The minimum atomic E-state index is 0.178. The average molecular weight is 291 g/mol. The molecule has 1 unspecified atom stereocenters. The molecule has 1 heterocycles. The third kappa shape index (κ3) is 4.13. The van der Waals surface area contributed by atoms with Crippen molar-refractivity contribution in [1.29, 1.82) is 0 Å². The lowest BCUT2D eigenvalue weighted by atomic mass is 9.96. The quantitative estimate of drug-likeness (QED) is 0.808. The molecule has 21 heavy (non-hydrogen) atoms. The Morgan fingerprint density at radius 3 is 2.71 bits per heavy atom. The molecule has 2 rings (SSSR count). The van der Waals surface area contributed by atoms with E-state index in [0.717, 1.165) is 36.4 Å². The van der Waals surface area contributed by atoms with Gasteiger partial charge in [0.25, 0.3) is 0 Å². The Kier molecular flexibility index (Phi) is 5.48. The van der Waals surface area contributed by atoms with Crippen LogP contribution in [-0.4, -0.2) is 37.6 Å². The maximum atomic E-state index is 12.2. The molecule has 1 atom stereocenters. The smallest absolute Gasteiger partial charge is 0.222 e. The Bertz CT molecular complexity index is 487. The van der Waals surface area contributed by atoms with Crippen LogP contribution in [0.5, 0.6) is 11.5 Å². The van der Waals surface area contributed by atoms with Crippen LogP contribution in [-0.2, 0) is 4.79 Å². The van der Waals surface area contributed by atoms with Crippen molar-refractivity contribution in [2.24, 2.45) is 0 Å². The molecule has 0 aromatic heterocycles. The maximum Gasteiger partial charge on any atom is 0.222 e. The van der Waals surface area contributed by atoms with E-state index in [2.05, 4.69) is 13.8 Å². The molecule has 4 heteroatoms. The van der Waals surface area contributed by atoms with E-state index in [1.54, 1.807) is 0 Å². The van der Waals surface area contributed by atoms with E-state index in [0.29, 0.717) is 19.6 Å². The highest BCUT2D eigenvalue weighted by Crippen LogP contribution is 2.33. The van der Waals surface area contributed by atoms with Crippen molar-refractivity contribution in [3.05, 3.63) is 23.8 Å². The second kappa shape index (κ2) is 7.34. The van der Waals surface area contributed by atoms with E-state index in [1.807, 2.05) is 30.1 Å². The second-order valence-electron chi connectivity index (χ2n) is 5.68. The number of carbonyl (C=O) groups excluding carboxylic acids is 1. The van der Waals surface area contributed by atoms with E-state index >= 15 is 0 Å². The first kappa shape index (κ1) is 15.7. The first-order valence-electron chi connectivity index (χ1n) is 7.75. The van der Waals surface area contributed by atoms with E-state index in [4.69, 9.17) is 9.47 Å². The SMILES string of the molecule is CCCCN(C)C(=O)CC(C)c1ccc2c(c1)OCCO2. The van der Waals surface area contributed by atoms with E-state index in [1.165, 1.54) is 0 Å². The van der Waals surface area contributed by atoms with Crippen molar-refractivity contribution in [3.8, 4) is 11.5 Å². The summed E-state index contributed by atoms with van der Waals surface area (Å²) >= 11 is 0.